The van der Waals surface area contributed by atoms with Crippen LogP contribution in [0.15, 0.2) is 17.2 Å². The maximum atomic E-state index is 10.5. The van der Waals surface area contributed by atoms with Crippen molar-refractivity contribution in [3.63, 3.8) is 0 Å². The molecule has 1 rings (SSSR count). The number of aromatic nitrogens is 2. The normalized spacial score (nSPS) is 11.2. The molecule has 0 unspecified atom stereocenters. The average Bonchev–Trinajstić information content (AvgIpc) is 2.16. The zero-order valence-corrected chi connectivity index (χ0v) is 8.82. The number of primary amides is 1. The Bertz CT molecular complexity index is 375. The van der Waals surface area contributed by atoms with E-state index in [1.807, 2.05) is 0 Å². The highest BCUT2D eigenvalue weighted by Gasteiger charge is 1.98. The molecule has 0 bridgehead atoms. The average molecular weight is 228 g/mol. The lowest BCUT2D eigenvalue weighted by Gasteiger charge is -1.99. The topological polar surface area (TPSA) is 93.3 Å². The van der Waals surface area contributed by atoms with Crippen molar-refractivity contribution in [3.8, 4) is 0 Å². The molecule has 1 aromatic heterocycles. The molecule has 1 heterocycles. The van der Waals surface area contributed by atoms with E-state index in [-0.39, 0.29) is 6.42 Å². The molecule has 0 saturated carbocycles. The van der Waals surface area contributed by atoms with Crippen LogP contribution in [0.2, 0.25) is 5.15 Å². The minimum Gasteiger partial charge on any atom is -0.369 e. The van der Waals surface area contributed by atoms with Crippen molar-refractivity contribution in [2.75, 3.05) is 5.43 Å². The van der Waals surface area contributed by atoms with E-state index in [1.54, 1.807) is 19.1 Å². The molecule has 6 nitrogen and oxygen atoms in total. The predicted molar refractivity (Wildman–Crippen MR) is 57.6 cm³/mol. The molecular formula is C8H10ClN5O. The van der Waals surface area contributed by atoms with Crippen LogP contribution in [0.25, 0.3) is 0 Å². The van der Waals surface area contributed by atoms with Crippen molar-refractivity contribution in [2.24, 2.45) is 10.8 Å². The van der Waals surface area contributed by atoms with E-state index in [0.717, 1.165) is 0 Å². The summed E-state index contributed by atoms with van der Waals surface area (Å²) in [5.41, 5.74) is 8.18. The third-order valence-corrected chi connectivity index (χ3v) is 1.62. The molecule has 3 N–H and O–H groups in total. The fourth-order valence-electron chi connectivity index (χ4n) is 0.820. The molecule has 15 heavy (non-hydrogen) atoms. The first-order valence-electron chi connectivity index (χ1n) is 4.14. The Labute approximate surface area is 91.5 Å². The summed E-state index contributed by atoms with van der Waals surface area (Å²) in [5.74, 6) is 0.0171. The monoisotopic (exact) mass is 227 g/mol. The summed E-state index contributed by atoms with van der Waals surface area (Å²) in [6, 6.07) is 3.20. The fourth-order valence-corrected chi connectivity index (χ4v) is 0.921. The highest BCUT2D eigenvalue weighted by Crippen LogP contribution is 2.05. The first-order chi connectivity index (χ1) is 7.08. The second-order valence-corrected chi connectivity index (χ2v) is 3.23. The molecule has 0 aliphatic carbocycles. The molecule has 0 aromatic carbocycles. The summed E-state index contributed by atoms with van der Waals surface area (Å²) < 4.78 is 0. The Hall–Kier alpha value is -1.69. The Morgan fingerprint density at radius 2 is 2.33 bits per heavy atom. The predicted octanol–water partition coefficient (Wildman–Crippen LogP) is 0.793. The van der Waals surface area contributed by atoms with E-state index in [4.69, 9.17) is 17.3 Å². The number of nitrogens with one attached hydrogen (secondary N) is 1. The number of carbonyl (C=O) groups excluding carboxylic acids is 1. The van der Waals surface area contributed by atoms with Gasteiger partial charge in [0.2, 0.25) is 5.91 Å². The van der Waals surface area contributed by atoms with E-state index in [9.17, 15) is 4.79 Å². The third-order valence-electron chi connectivity index (χ3n) is 1.42. The molecule has 0 fully saturated rings. The van der Waals surface area contributed by atoms with Gasteiger partial charge in [-0.1, -0.05) is 11.6 Å². The van der Waals surface area contributed by atoms with Crippen molar-refractivity contribution in [1.82, 2.24) is 10.2 Å². The van der Waals surface area contributed by atoms with Crippen molar-refractivity contribution in [3.05, 3.63) is 17.3 Å². The van der Waals surface area contributed by atoms with Gasteiger partial charge in [0.15, 0.2) is 11.0 Å². The summed E-state index contributed by atoms with van der Waals surface area (Å²) in [6.07, 6.45) is 0.105. The minimum atomic E-state index is -0.430. The van der Waals surface area contributed by atoms with E-state index >= 15 is 0 Å². The van der Waals surface area contributed by atoms with Crippen molar-refractivity contribution >= 4 is 29.0 Å². The zero-order valence-electron chi connectivity index (χ0n) is 8.07. The molecule has 80 valence electrons. The fraction of sp³-hybridized carbons (Fsp3) is 0.250. The lowest BCUT2D eigenvalue weighted by Crippen LogP contribution is -2.15. The molecule has 7 heteroatoms. The van der Waals surface area contributed by atoms with Crippen molar-refractivity contribution < 1.29 is 4.79 Å². The Morgan fingerprint density at radius 3 is 2.87 bits per heavy atom. The van der Waals surface area contributed by atoms with Crippen LogP contribution >= 0.6 is 11.6 Å². The van der Waals surface area contributed by atoms with Gasteiger partial charge >= 0.3 is 0 Å². The number of hydrogen-bond donors (Lipinski definition) is 2. The van der Waals surface area contributed by atoms with E-state index in [1.165, 1.54) is 0 Å². The smallest absolute Gasteiger partial charge is 0.223 e. The van der Waals surface area contributed by atoms with Gasteiger partial charge in [-0.3, -0.25) is 10.2 Å². The highest BCUT2D eigenvalue weighted by atomic mass is 35.5. The van der Waals surface area contributed by atoms with Gasteiger partial charge in [0, 0.05) is 5.71 Å². The van der Waals surface area contributed by atoms with Crippen LogP contribution in [0.4, 0.5) is 5.82 Å². The number of nitrogens with zero attached hydrogens (tertiary/aromatic N) is 3. The number of carbonyl (C=O) groups is 1. The Morgan fingerprint density at radius 1 is 1.60 bits per heavy atom. The van der Waals surface area contributed by atoms with Gasteiger partial charge < -0.3 is 5.73 Å². The van der Waals surface area contributed by atoms with Crippen LogP contribution in [0.1, 0.15) is 13.3 Å². The third kappa shape index (κ3) is 4.37. The first kappa shape index (κ1) is 11.4. The second-order valence-electron chi connectivity index (χ2n) is 2.84. The summed E-state index contributed by atoms with van der Waals surface area (Å²) in [7, 11) is 0. The van der Waals surface area contributed by atoms with Crippen LogP contribution in [0.5, 0.6) is 0 Å². The number of amides is 1. The van der Waals surface area contributed by atoms with E-state index < -0.39 is 5.91 Å². The molecule has 1 amide bonds. The molecular weight excluding hydrogens is 218 g/mol. The van der Waals surface area contributed by atoms with Gasteiger partial charge in [0.1, 0.15) is 0 Å². The van der Waals surface area contributed by atoms with Gasteiger partial charge in [0.25, 0.3) is 0 Å². The SMILES string of the molecule is C/C(CC(N)=O)=N/Nc1ccc(Cl)nn1. The molecule has 0 aliphatic heterocycles. The quantitative estimate of drug-likeness (QED) is 0.588. The molecule has 0 radical (unpaired) electrons. The number of hydrazone groups is 1. The summed E-state index contributed by atoms with van der Waals surface area (Å²) in [4.78, 5) is 10.5. The molecule has 0 atom stereocenters. The lowest BCUT2D eigenvalue weighted by atomic mass is 10.3. The lowest BCUT2D eigenvalue weighted by molar-refractivity contribution is -0.116. The standard InChI is InChI=1S/C8H10ClN5O/c1-5(4-7(10)15)11-13-8-3-2-6(9)12-14-8/h2-3H,4H2,1H3,(H2,10,15)(H,13,14)/b11-5-. The van der Waals surface area contributed by atoms with E-state index in [2.05, 4.69) is 20.7 Å². The number of halogens is 1. The van der Waals surface area contributed by atoms with E-state index in [0.29, 0.717) is 16.7 Å². The maximum absolute atomic E-state index is 10.5. The summed E-state index contributed by atoms with van der Waals surface area (Å²) in [6.45, 7) is 1.68. The highest BCUT2D eigenvalue weighted by molar-refractivity contribution is 6.29. The summed E-state index contributed by atoms with van der Waals surface area (Å²) >= 11 is 5.54. The molecule has 1 aromatic rings. The largest absolute Gasteiger partial charge is 0.369 e. The number of hydrogen-bond acceptors (Lipinski definition) is 5. The molecule has 0 saturated heterocycles. The van der Waals surface area contributed by atoms with Crippen LogP contribution in [0, 0.1) is 0 Å². The van der Waals surface area contributed by atoms with Crippen LogP contribution in [-0.2, 0) is 4.79 Å². The van der Waals surface area contributed by atoms with Gasteiger partial charge in [0.05, 0.1) is 6.42 Å². The second kappa shape index (κ2) is 5.26. The van der Waals surface area contributed by atoms with Crippen LogP contribution in [-0.4, -0.2) is 21.8 Å². The minimum absolute atomic E-state index is 0.105. The maximum Gasteiger partial charge on any atom is 0.223 e. The Kier molecular flexibility index (Phi) is 3.99. The van der Waals surface area contributed by atoms with Gasteiger partial charge in [-0.05, 0) is 19.1 Å². The number of rotatable bonds is 4. The van der Waals surface area contributed by atoms with Crippen LogP contribution < -0.4 is 11.2 Å². The van der Waals surface area contributed by atoms with Gasteiger partial charge in [-0.15, -0.1) is 10.2 Å². The number of nitrogens with two attached hydrogens (primary N) is 1. The van der Waals surface area contributed by atoms with Crippen molar-refractivity contribution in [2.45, 2.75) is 13.3 Å². The van der Waals surface area contributed by atoms with Crippen molar-refractivity contribution in [1.29, 1.82) is 0 Å². The van der Waals surface area contributed by atoms with Gasteiger partial charge in [-0.25, -0.2) is 0 Å². The Balaban J connectivity index is 2.55. The zero-order chi connectivity index (χ0) is 11.3. The van der Waals surface area contributed by atoms with Gasteiger partial charge in [-0.2, -0.15) is 5.10 Å². The number of anilines is 1. The molecule has 0 spiro atoms. The molecule has 0 aliphatic rings. The first-order valence-corrected chi connectivity index (χ1v) is 4.52. The van der Waals surface area contributed by atoms with Crippen LogP contribution in [0.3, 0.4) is 0 Å². The summed E-state index contributed by atoms with van der Waals surface area (Å²) in [5, 5.41) is 11.5.